The van der Waals surface area contributed by atoms with Crippen LogP contribution in [-0.2, 0) is 14.7 Å². The van der Waals surface area contributed by atoms with Crippen molar-refractivity contribution >= 4 is 29.3 Å². The molecular weight excluding hydrogens is 208 g/mol. The van der Waals surface area contributed by atoms with Crippen molar-refractivity contribution in [2.24, 2.45) is 15.4 Å². The lowest BCUT2D eigenvalue weighted by atomic mass is 10.2. The predicted molar refractivity (Wildman–Crippen MR) is 60.1 cm³/mol. The molecule has 2 atom stereocenters. The fourth-order valence-electron chi connectivity index (χ4n) is 0.780. The Bertz CT molecular complexity index is 270. The third-order valence-electron chi connectivity index (χ3n) is 1.50. The monoisotopic (exact) mass is 226 g/mol. The first kappa shape index (κ1) is 15.4. The average Bonchev–Trinajstić information content (AvgIpc) is 1.83. The molecule has 0 spiro atoms. The van der Waals surface area contributed by atoms with Crippen LogP contribution in [0.15, 0.2) is 4.36 Å². The minimum absolute atomic E-state index is 0. The summed E-state index contributed by atoms with van der Waals surface area (Å²) < 4.78 is 14.7. The van der Waals surface area contributed by atoms with Crippen molar-refractivity contribution in [3.05, 3.63) is 0 Å². The van der Waals surface area contributed by atoms with Crippen molar-refractivity contribution in [1.29, 1.82) is 0 Å². The Hall–Kier alpha value is -0.0700. The highest BCUT2D eigenvalue weighted by molar-refractivity contribution is 7.91. The average molecular weight is 226 g/mol. The molecule has 0 fully saturated rings. The van der Waals surface area contributed by atoms with Crippen molar-refractivity contribution in [2.75, 3.05) is 5.75 Å². The highest BCUT2D eigenvalue weighted by Crippen LogP contribution is 2.04. The first-order valence-corrected chi connectivity index (χ1v) is 5.65. The van der Waals surface area contributed by atoms with E-state index >= 15 is 0 Å². The fourth-order valence-corrected chi connectivity index (χ4v) is 2.34. The van der Waals surface area contributed by atoms with E-state index in [0.29, 0.717) is 5.75 Å². The Morgan fingerprint density at radius 1 is 1.62 bits per heavy atom. The van der Waals surface area contributed by atoms with Gasteiger partial charge in [0.1, 0.15) is 9.92 Å². The van der Waals surface area contributed by atoms with Crippen molar-refractivity contribution in [1.82, 2.24) is 0 Å². The van der Waals surface area contributed by atoms with E-state index < -0.39 is 15.8 Å². The number of hydrogen-bond acceptors (Lipinski definition) is 2. The van der Waals surface area contributed by atoms with Gasteiger partial charge >= 0.3 is 0 Å². The molecular formula is C7H18N2O2S2. The Morgan fingerprint density at radius 2 is 2.08 bits per heavy atom. The van der Waals surface area contributed by atoms with E-state index in [2.05, 4.69) is 4.36 Å². The molecule has 80 valence electrons. The molecule has 2 N–H and O–H groups in total. The highest BCUT2D eigenvalue weighted by atomic mass is 32.2. The zero-order chi connectivity index (χ0) is 9.78. The number of carbonyl (C=O) groups is 1. The van der Waals surface area contributed by atoms with E-state index in [4.69, 9.17) is 5.14 Å². The second kappa shape index (κ2) is 6.39. The lowest BCUT2D eigenvalue weighted by molar-refractivity contribution is -0.115. The van der Waals surface area contributed by atoms with E-state index in [1.807, 2.05) is 13.8 Å². The molecule has 0 heterocycles. The Morgan fingerprint density at radius 3 is 2.38 bits per heavy atom. The fraction of sp³-hybridized carbons (Fsp3) is 0.857. The van der Waals surface area contributed by atoms with Crippen LogP contribution in [0.1, 0.15) is 27.2 Å². The molecule has 0 aromatic carbocycles. The summed E-state index contributed by atoms with van der Waals surface area (Å²) in [6.45, 7) is 5.17. The summed E-state index contributed by atoms with van der Waals surface area (Å²) in [7, 11) is -2.77. The van der Waals surface area contributed by atoms with Crippen molar-refractivity contribution in [3.8, 4) is 0 Å². The molecule has 0 radical (unpaired) electrons. The van der Waals surface area contributed by atoms with Gasteiger partial charge in [0, 0.05) is 12.7 Å². The summed E-state index contributed by atoms with van der Waals surface area (Å²) in [5.41, 5.74) is 0. The third-order valence-corrected chi connectivity index (χ3v) is 3.12. The van der Waals surface area contributed by atoms with E-state index in [1.54, 1.807) is 0 Å². The summed E-state index contributed by atoms with van der Waals surface area (Å²) in [6, 6.07) is 0. The van der Waals surface area contributed by atoms with Crippen LogP contribution in [0.3, 0.4) is 0 Å². The van der Waals surface area contributed by atoms with Gasteiger partial charge in [-0.05, 0) is 5.92 Å². The number of amides is 1. The molecule has 0 aliphatic carbocycles. The Labute approximate surface area is 87.0 Å². The number of carbonyl (C=O) groups excluding carboxylic acids is 1. The molecule has 0 saturated heterocycles. The summed E-state index contributed by atoms with van der Waals surface area (Å²) in [5.74, 6) is 0.0692. The molecule has 0 aliphatic heterocycles. The van der Waals surface area contributed by atoms with E-state index in [9.17, 15) is 9.00 Å². The molecule has 0 aliphatic rings. The summed E-state index contributed by atoms with van der Waals surface area (Å²) >= 11 is 0. The van der Waals surface area contributed by atoms with Crippen LogP contribution in [0, 0.1) is 5.92 Å². The van der Waals surface area contributed by atoms with Crippen LogP contribution in [0.5, 0.6) is 0 Å². The number of nitrogens with two attached hydrogens (primary N) is 1. The van der Waals surface area contributed by atoms with Gasteiger partial charge in [0.25, 0.3) is 5.91 Å². The number of rotatable bonds is 3. The lowest BCUT2D eigenvalue weighted by Gasteiger charge is -2.08. The second-order valence-corrected chi connectivity index (χ2v) is 4.88. The van der Waals surface area contributed by atoms with Crippen molar-refractivity contribution in [3.63, 3.8) is 0 Å². The third kappa shape index (κ3) is 8.27. The lowest BCUT2D eigenvalue weighted by Crippen LogP contribution is -2.22. The van der Waals surface area contributed by atoms with E-state index in [1.165, 1.54) is 6.92 Å². The minimum Gasteiger partial charge on any atom is -0.272 e. The Kier molecular flexibility index (Phi) is 7.58. The maximum atomic E-state index is 11.4. The van der Waals surface area contributed by atoms with Gasteiger partial charge in [-0.15, -0.1) is 4.36 Å². The van der Waals surface area contributed by atoms with Crippen LogP contribution in [0.25, 0.3) is 0 Å². The van der Waals surface area contributed by atoms with Gasteiger partial charge in [0.15, 0.2) is 0 Å². The van der Waals surface area contributed by atoms with Gasteiger partial charge in [-0.1, -0.05) is 20.3 Å². The molecule has 1 amide bonds. The molecule has 0 aromatic heterocycles. The molecule has 1 unspecified atom stereocenters. The predicted octanol–water partition coefficient (Wildman–Crippen LogP) is 1.03. The topological polar surface area (TPSA) is 72.5 Å². The van der Waals surface area contributed by atoms with Crippen molar-refractivity contribution < 1.29 is 9.00 Å². The smallest absolute Gasteiger partial charge is 0.251 e. The van der Waals surface area contributed by atoms with Gasteiger partial charge in [0.05, 0.1) is 0 Å². The quantitative estimate of drug-likeness (QED) is 0.780. The minimum atomic E-state index is -2.77. The number of nitrogens with zero attached hydrogens (tertiary/aromatic N) is 1. The maximum absolute atomic E-state index is 11.4. The van der Waals surface area contributed by atoms with Gasteiger partial charge in [-0.25, -0.2) is 9.35 Å². The highest BCUT2D eigenvalue weighted by Gasteiger charge is 2.08. The largest absolute Gasteiger partial charge is 0.272 e. The SMILES string of the molecule is CC[C@H](C)CS(N)(=O)=NC(C)=O.S. The van der Waals surface area contributed by atoms with Gasteiger partial charge < -0.3 is 0 Å². The number of hydrogen-bond donors (Lipinski definition) is 1. The van der Waals surface area contributed by atoms with Gasteiger partial charge in [-0.3, -0.25) is 4.79 Å². The Balaban J connectivity index is 0. The summed E-state index contributed by atoms with van der Waals surface area (Å²) in [4.78, 5) is 10.5. The standard InChI is InChI=1S/C7H16N2O2S.H2S/c1-4-6(2)5-12(8,11)9-7(3)10;/h6H,4-5H2,1-3H3,(H2,8,9,10,11);1H2/t6-,12?;/m0./s1. The summed E-state index contributed by atoms with van der Waals surface area (Å²) in [5, 5.41) is 5.33. The zero-order valence-electron chi connectivity index (χ0n) is 8.24. The van der Waals surface area contributed by atoms with Crippen molar-refractivity contribution in [2.45, 2.75) is 27.2 Å². The molecule has 4 nitrogen and oxygen atoms in total. The van der Waals surface area contributed by atoms with Crippen LogP contribution >= 0.6 is 13.5 Å². The van der Waals surface area contributed by atoms with Crippen LogP contribution < -0.4 is 5.14 Å². The van der Waals surface area contributed by atoms with Gasteiger partial charge in [-0.2, -0.15) is 13.5 Å². The first-order chi connectivity index (χ1) is 5.37. The molecule has 0 aromatic rings. The molecule has 6 heteroatoms. The molecule has 0 bridgehead atoms. The normalized spacial score (nSPS) is 16.6. The molecule has 13 heavy (non-hydrogen) atoms. The zero-order valence-corrected chi connectivity index (χ0v) is 10.1. The van der Waals surface area contributed by atoms with Crippen LogP contribution in [0.4, 0.5) is 0 Å². The first-order valence-electron chi connectivity index (χ1n) is 3.90. The summed E-state index contributed by atoms with van der Waals surface area (Å²) in [6.07, 6.45) is 0.890. The van der Waals surface area contributed by atoms with Gasteiger partial charge in [0.2, 0.25) is 0 Å². The molecule has 0 rings (SSSR count). The van der Waals surface area contributed by atoms with Crippen LogP contribution in [0.2, 0.25) is 0 Å². The second-order valence-electron chi connectivity index (χ2n) is 2.98. The van der Waals surface area contributed by atoms with Crippen LogP contribution in [-0.4, -0.2) is 15.9 Å². The maximum Gasteiger partial charge on any atom is 0.251 e. The molecule has 0 saturated carbocycles. The van der Waals surface area contributed by atoms with E-state index in [-0.39, 0.29) is 19.4 Å². The van der Waals surface area contributed by atoms with E-state index in [0.717, 1.165) is 6.42 Å².